The van der Waals surface area contributed by atoms with Gasteiger partial charge in [-0.15, -0.1) is 0 Å². The van der Waals surface area contributed by atoms with Crippen LogP contribution in [-0.2, 0) is 0 Å². The first kappa shape index (κ1) is 21.9. The lowest BCUT2D eigenvalue weighted by molar-refractivity contribution is 0.0792. The van der Waals surface area contributed by atoms with Gasteiger partial charge in [-0.2, -0.15) is 0 Å². The molecule has 3 aliphatic rings. The molecule has 2 aromatic carbocycles. The molecule has 6 rings (SSSR count). The van der Waals surface area contributed by atoms with Crippen molar-refractivity contribution in [1.82, 2.24) is 14.8 Å². The molecule has 0 spiro atoms. The summed E-state index contributed by atoms with van der Waals surface area (Å²) in [5.74, 6) is 1.95. The van der Waals surface area contributed by atoms with Crippen molar-refractivity contribution in [2.45, 2.75) is 19.3 Å². The third-order valence-corrected chi connectivity index (χ3v) is 7.57. The fourth-order valence-corrected chi connectivity index (χ4v) is 5.49. The number of rotatable bonds is 6. The molecule has 1 saturated carbocycles. The van der Waals surface area contributed by atoms with Crippen molar-refractivity contribution in [2.75, 3.05) is 26.2 Å². The SMILES string of the molecule is NC1=NC=CN(CC2CC(CN3CCC3)C2)/C1=C(\N)c1ccc2ccc(-c3ccccc3)nc2c1. The molecule has 0 unspecified atom stereocenters. The van der Waals surface area contributed by atoms with Gasteiger partial charge in [0.25, 0.3) is 0 Å². The van der Waals surface area contributed by atoms with Crippen LogP contribution in [0.2, 0.25) is 0 Å². The van der Waals surface area contributed by atoms with Crippen molar-refractivity contribution in [1.29, 1.82) is 0 Å². The van der Waals surface area contributed by atoms with E-state index in [0.29, 0.717) is 17.5 Å². The Hall–Kier alpha value is -3.64. The van der Waals surface area contributed by atoms with Gasteiger partial charge in [0.05, 0.1) is 16.9 Å². The highest BCUT2D eigenvalue weighted by Gasteiger charge is 2.34. The van der Waals surface area contributed by atoms with Crippen molar-refractivity contribution in [2.24, 2.45) is 28.3 Å². The van der Waals surface area contributed by atoms with Gasteiger partial charge >= 0.3 is 0 Å². The lowest BCUT2D eigenvalue weighted by Crippen LogP contribution is -2.45. The summed E-state index contributed by atoms with van der Waals surface area (Å²) in [5, 5.41) is 1.08. The van der Waals surface area contributed by atoms with Crippen LogP contribution in [-0.4, -0.2) is 46.8 Å². The second kappa shape index (κ2) is 9.19. The van der Waals surface area contributed by atoms with Gasteiger partial charge in [0, 0.05) is 42.0 Å². The second-order valence-electron chi connectivity index (χ2n) is 10.1. The Kier molecular flexibility index (Phi) is 5.74. The Morgan fingerprint density at radius 3 is 2.49 bits per heavy atom. The van der Waals surface area contributed by atoms with Crippen LogP contribution in [0, 0.1) is 11.8 Å². The van der Waals surface area contributed by atoms with Gasteiger partial charge in [0.1, 0.15) is 11.5 Å². The predicted molar refractivity (Wildman–Crippen MR) is 143 cm³/mol. The summed E-state index contributed by atoms with van der Waals surface area (Å²) >= 11 is 0. The van der Waals surface area contributed by atoms with E-state index in [1.54, 1.807) is 6.20 Å². The molecule has 2 aliphatic heterocycles. The first-order chi connectivity index (χ1) is 17.1. The summed E-state index contributed by atoms with van der Waals surface area (Å²) < 4.78 is 0. The second-order valence-corrected chi connectivity index (χ2v) is 10.1. The van der Waals surface area contributed by atoms with E-state index in [2.05, 4.69) is 51.2 Å². The molecule has 4 N–H and O–H groups in total. The normalized spacial score (nSPS) is 23.5. The number of likely N-dealkylation sites (tertiary alicyclic amines) is 1. The molecule has 178 valence electrons. The lowest BCUT2D eigenvalue weighted by atomic mass is 9.74. The molecule has 0 bridgehead atoms. The van der Waals surface area contributed by atoms with Gasteiger partial charge < -0.3 is 21.3 Å². The van der Waals surface area contributed by atoms with Crippen LogP contribution in [0.25, 0.3) is 27.9 Å². The summed E-state index contributed by atoms with van der Waals surface area (Å²) in [4.78, 5) is 14.0. The van der Waals surface area contributed by atoms with Crippen LogP contribution < -0.4 is 11.5 Å². The molecular formula is C29H32N6. The highest BCUT2D eigenvalue weighted by molar-refractivity contribution is 6.04. The number of nitrogens with two attached hydrogens (primary N) is 2. The zero-order valence-corrected chi connectivity index (χ0v) is 20.0. The molecule has 0 amide bonds. The fourth-order valence-electron chi connectivity index (χ4n) is 5.49. The number of aliphatic imine (C=N–C) groups is 1. The number of aromatic nitrogens is 1. The van der Waals surface area contributed by atoms with Crippen molar-refractivity contribution < 1.29 is 0 Å². The molecule has 0 radical (unpaired) electrons. The highest BCUT2D eigenvalue weighted by Crippen LogP contribution is 2.37. The standard InChI is InChI=1S/C29H32N6/c30-27(24-8-7-23-9-10-25(33-26(23)17-24)22-5-2-1-3-6-22)28-29(31)32-11-14-35(28)19-21-15-20(16-21)18-34-12-4-13-34/h1-3,5-11,14,17,20-21H,4,12-13,15-16,18-19,30H2,(H2,31,32)/b28-27-. The molecule has 1 aromatic heterocycles. The molecular weight excluding hydrogens is 432 g/mol. The van der Waals surface area contributed by atoms with E-state index < -0.39 is 0 Å². The zero-order valence-electron chi connectivity index (χ0n) is 20.0. The molecule has 3 aromatic rings. The Bertz CT molecular complexity index is 1320. The summed E-state index contributed by atoms with van der Waals surface area (Å²) in [5.41, 5.74) is 18.4. The molecule has 35 heavy (non-hydrogen) atoms. The van der Waals surface area contributed by atoms with E-state index in [-0.39, 0.29) is 0 Å². The quantitative estimate of drug-likeness (QED) is 0.565. The number of amidine groups is 1. The van der Waals surface area contributed by atoms with Gasteiger partial charge in [-0.05, 0) is 56.3 Å². The van der Waals surface area contributed by atoms with Gasteiger partial charge in [-0.1, -0.05) is 48.5 Å². The van der Waals surface area contributed by atoms with Gasteiger partial charge in [0.2, 0.25) is 0 Å². The van der Waals surface area contributed by atoms with Crippen LogP contribution in [0.1, 0.15) is 24.8 Å². The van der Waals surface area contributed by atoms with Crippen LogP contribution in [0.5, 0.6) is 0 Å². The molecule has 1 saturated heterocycles. The summed E-state index contributed by atoms with van der Waals surface area (Å²) in [6.45, 7) is 4.73. The van der Waals surface area contributed by atoms with E-state index in [1.165, 1.54) is 38.9 Å². The third-order valence-electron chi connectivity index (χ3n) is 7.57. The average Bonchev–Trinajstić information content (AvgIpc) is 2.83. The lowest BCUT2D eigenvalue weighted by Gasteiger charge is -2.43. The largest absolute Gasteiger partial charge is 0.396 e. The maximum Gasteiger partial charge on any atom is 0.149 e. The van der Waals surface area contributed by atoms with E-state index in [0.717, 1.165) is 45.9 Å². The average molecular weight is 465 g/mol. The Morgan fingerprint density at radius 1 is 0.943 bits per heavy atom. The maximum atomic E-state index is 6.75. The van der Waals surface area contributed by atoms with Crippen molar-refractivity contribution >= 4 is 22.4 Å². The molecule has 0 atom stereocenters. The van der Waals surface area contributed by atoms with Crippen molar-refractivity contribution in [3.8, 4) is 11.3 Å². The minimum Gasteiger partial charge on any atom is -0.396 e. The maximum absolute atomic E-state index is 6.75. The van der Waals surface area contributed by atoms with Gasteiger partial charge in [-0.3, -0.25) is 0 Å². The Labute approximate surface area is 206 Å². The molecule has 1 aliphatic carbocycles. The van der Waals surface area contributed by atoms with E-state index in [9.17, 15) is 0 Å². The smallest absolute Gasteiger partial charge is 0.149 e. The predicted octanol–water partition coefficient (Wildman–Crippen LogP) is 4.41. The highest BCUT2D eigenvalue weighted by atomic mass is 15.2. The molecule has 6 heteroatoms. The van der Waals surface area contributed by atoms with Crippen LogP contribution in [0.3, 0.4) is 0 Å². The van der Waals surface area contributed by atoms with E-state index >= 15 is 0 Å². The summed E-state index contributed by atoms with van der Waals surface area (Å²) in [6.07, 6.45) is 7.68. The minimum atomic E-state index is 0.465. The third kappa shape index (κ3) is 4.42. The number of nitrogens with zero attached hydrogens (tertiary/aromatic N) is 4. The van der Waals surface area contributed by atoms with Crippen LogP contribution >= 0.6 is 0 Å². The van der Waals surface area contributed by atoms with Gasteiger partial charge in [0.15, 0.2) is 0 Å². The Balaban J connectivity index is 1.25. The van der Waals surface area contributed by atoms with Crippen LogP contribution in [0.15, 0.2) is 83.8 Å². The number of benzene rings is 2. The molecule has 2 fully saturated rings. The minimum absolute atomic E-state index is 0.465. The monoisotopic (exact) mass is 464 g/mol. The zero-order chi connectivity index (χ0) is 23.8. The first-order valence-electron chi connectivity index (χ1n) is 12.6. The van der Waals surface area contributed by atoms with E-state index in [4.69, 9.17) is 16.5 Å². The van der Waals surface area contributed by atoms with E-state index in [1.807, 2.05) is 30.5 Å². The summed E-state index contributed by atoms with van der Waals surface area (Å²) in [7, 11) is 0. The topological polar surface area (TPSA) is 83.8 Å². The van der Waals surface area contributed by atoms with Gasteiger partial charge in [-0.25, -0.2) is 9.98 Å². The first-order valence-corrected chi connectivity index (χ1v) is 12.6. The van der Waals surface area contributed by atoms with Crippen molar-refractivity contribution in [3.05, 3.63) is 84.3 Å². The fraction of sp³-hybridized carbons (Fsp3) is 0.310. The number of fused-ring (bicyclic) bond motifs is 1. The Morgan fingerprint density at radius 2 is 1.71 bits per heavy atom. The van der Waals surface area contributed by atoms with Crippen LogP contribution in [0.4, 0.5) is 0 Å². The number of pyridine rings is 1. The van der Waals surface area contributed by atoms with Crippen molar-refractivity contribution in [3.63, 3.8) is 0 Å². The number of hydrogen-bond donors (Lipinski definition) is 2. The molecule has 3 heterocycles. The molecule has 6 nitrogen and oxygen atoms in total. The number of hydrogen-bond acceptors (Lipinski definition) is 6. The summed E-state index contributed by atoms with van der Waals surface area (Å²) in [6, 6.07) is 20.6.